The molecule has 0 radical (unpaired) electrons. The zero-order chi connectivity index (χ0) is 14.9. The third-order valence-electron chi connectivity index (χ3n) is 2.57. The number of carbonyl (C=O) groups is 1. The Morgan fingerprint density at radius 1 is 1.11 bits per heavy atom. The fourth-order valence-corrected chi connectivity index (χ4v) is 1.33. The second-order valence-electron chi connectivity index (χ2n) is 4.34. The van der Waals surface area contributed by atoms with Gasteiger partial charge in [-0.3, -0.25) is 4.79 Å². The van der Waals surface area contributed by atoms with Gasteiger partial charge < -0.3 is 5.32 Å². The van der Waals surface area contributed by atoms with Crippen LogP contribution < -0.4 is 5.32 Å². The van der Waals surface area contributed by atoms with Crippen LogP contribution in [0.2, 0.25) is 0 Å². The molecule has 0 aromatic carbocycles. The maximum Gasteiger partial charge on any atom is 0.149 e. The van der Waals surface area contributed by atoms with Gasteiger partial charge in [0.05, 0.1) is 0 Å². The molecule has 0 aromatic rings. The summed E-state index contributed by atoms with van der Waals surface area (Å²) in [4.78, 5) is 10.4. The highest BCUT2D eigenvalue weighted by molar-refractivity contribution is 5.79. The lowest BCUT2D eigenvalue weighted by molar-refractivity contribution is -0.104. The van der Waals surface area contributed by atoms with Crippen molar-refractivity contribution >= 4 is 6.29 Å². The van der Waals surface area contributed by atoms with Crippen LogP contribution in [0.5, 0.6) is 0 Å². The third kappa shape index (κ3) is 14.8. The van der Waals surface area contributed by atoms with Crippen molar-refractivity contribution in [3.05, 3.63) is 35.5 Å². The first-order valence-corrected chi connectivity index (χ1v) is 7.29. The van der Waals surface area contributed by atoms with Gasteiger partial charge in [-0.15, -0.1) is 0 Å². The van der Waals surface area contributed by atoms with E-state index in [1.165, 1.54) is 32.4 Å². The van der Waals surface area contributed by atoms with Crippen LogP contribution in [0.15, 0.2) is 35.5 Å². The minimum atomic E-state index is 0.753. The van der Waals surface area contributed by atoms with Crippen molar-refractivity contribution in [2.24, 2.45) is 0 Å². The van der Waals surface area contributed by atoms with Crippen LogP contribution in [0.1, 0.15) is 53.9 Å². The van der Waals surface area contributed by atoms with Gasteiger partial charge in [0.2, 0.25) is 0 Å². The molecule has 1 N–H and O–H groups in total. The van der Waals surface area contributed by atoms with Crippen LogP contribution in [-0.2, 0) is 4.79 Å². The first-order chi connectivity index (χ1) is 9.17. The van der Waals surface area contributed by atoms with E-state index in [0.717, 1.165) is 17.4 Å². The molecule has 0 aliphatic heterocycles. The molecule has 0 spiro atoms. The molecule has 0 aliphatic rings. The molecule has 0 bridgehead atoms. The van der Waals surface area contributed by atoms with Crippen molar-refractivity contribution < 1.29 is 4.79 Å². The Morgan fingerprint density at radius 3 is 2.21 bits per heavy atom. The topological polar surface area (TPSA) is 29.1 Å². The van der Waals surface area contributed by atoms with Gasteiger partial charge in [-0.2, -0.15) is 0 Å². The Morgan fingerprint density at radius 2 is 1.79 bits per heavy atom. The maximum absolute atomic E-state index is 10.4. The highest BCUT2D eigenvalue weighted by Crippen LogP contribution is 2.05. The molecule has 0 heterocycles. The number of hydrogen-bond donors (Lipinski definition) is 1. The lowest BCUT2D eigenvalue weighted by Gasteiger charge is -1.98. The predicted molar refractivity (Wildman–Crippen MR) is 86.5 cm³/mol. The molecule has 0 fully saturated rings. The van der Waals surface area contributed by atoms with Gasteiger partial charge in [0.15, 0.2) is 0 Å². The Bertz CT molecular complexity index is 282. The monoisotopic (exact) mass is 265 g/mol. The van der Waals surface area contributed by atoms with E-state index in [9.17, 15) is 4.79 Å². The van der Waals surface area contributed by atoms with Crippen LogP contribution in [0.4, 0.5) is 0 Å². The molecule has 110 valence electrons. The van der Waals surface area contributed by atoms with Gasteiger partial charge >= 0.3 is 0 Å². The number of carbonyl (C=O) groups excluding carboxylic acids is 1. The Labute approximate surface area is 119 Å². The molecule has 0 amide bonds. The van der Waals surface area contributed by atoms with E-state index in [1.54, 1.807) is 0 Å². The summed E-state index contributed by atoms with van der Waals surface area (Å²) < 4.78 is 0. The number of allylic oxidation sites excluding steroid dienone is 6. The van der Waals surface area contributed by atoms with E-state index < -0.39 is 0 Å². The van der Waals surface area contributed by atoms with E-state index in [-0.39, 0.29) is 0 Å². The number of nitrogens with one attached hydrogen (secondary N) is 1. The standard InChI is InChI=1S/C10H14O.C7H17N/c1-4-6-7-9(3)10(5-2)8-11;1-3-5-7-8-6-4-2/h4-8H,1-3H3;8H,3-7H2,1-2H3/b6-4-,9-7-,10-5-;. The molecule has 0 unspecified atom stereocenters. The summed E-state index contributed by atoms with van der Waals surface area (Å²) in [5.41, 5.74) is 1.75. The van der Waals surface area contributed by atoms with Crippen LogP contribution in [0.3, 0.4) is 0 Å². The quantitative estimate of drug-likeness (QED) is 0.304. The summed E-state index contributed by atoms with van der Waals surface area (Å²) in [7, 11) is 0. The highest BCUT2D eigenvalue weighted by Gasteiger charge is 1.92. The Kier molecular flexibility index (Phi) is 17.9. The summed E-state index contributed by atoms with van der Waals surface area (Å²) in [6.45, 7) is 12.5. The molecule has 2 nitrogen and oxygen atoms in total. The minimum absolute atomic E-state index is 0.753. The van der Waals surface area contributed by atoms with Crippen molar-refractivity contribution in [1.82, 2.24) is 5.32 Å². The summed E-state index contributed by atoms with van der Waals surface area (Å²) in [6, 6.07) is 0. The minimum Gasteiger partial charge on any atom is -0.317 e. The Hall–Kier alpha value is -1.15. The summed E-state index contributed by atoms with van der Waals surface area (Å²) in [5.74, 6) is 0. The largest absolute Gasteiger partial charge is 0.317 e. The van der Waals surface area contributed by atoms with Gasteiger partial charge in [-0.05, 0) is 52.3 Å². The fraction of sp³-hybridized carbons (Fsp3) is 0.588. The maximum atomic E-state index is 10.4. The SMILES string of the molecule is CCCCNCCC.C\C=C/C=C(C)\C(C=O)=C/C. The number of unbranched alkanes of at least 4 members (excludes halogenated alkanes) is 1. The highest BCUT2D eigenvalue weighted by atomic mass is 16.1. The molecule has 0 rings (SSSR count). The molecular formula is C17H31NO. The zero-order valence-electron chi connectivity index (χ0n) is 13.3. The normalized spacial score (nSPS) is 12.3. The lowest BCUT2D eigenvalue weighted by Crippen LogP contribution is -2.15. The van der Waals surface area contributed by atoms with E-state index in [0.29, 0.717) is 0 Å². The average molecular weight is 265 g/mol. The first-order valence-electron chi connectivity index (χ1n) is 7.29. The van der Waals surface area contributed by atoms with Crippen LogP contribution in [0, 0.1) is 0 Å². The molecule has 0 saturated carbocycles. The molecular weight excluding hydrogens is 234 g/mol. The third-order valence-corrected chi connectivity index (χ3v) is 2.57. The number of aldehydes is 1. The molecule has 2 heteroatoms. The molecule has 0 aromatic heterocycles. The zero-order valence-corrected chi connectivity index (χ0v) is 13.3. The smallest absolute Gasteiger partial charge is 0.149 e. The van der Waals surface area contributed by atoms with Crippen LogP contribution in [-0.4, -0.2) is 19.4 Å². The molecule has 0 atom stereocenters. The van der Waals surface area contributed by atoms with Crippen molar-refractivity contribution in [3.63, 3.8) is 0 Å². The lowest BCUT2D eigenvalue weighted by atomic mass is 10.1. The van der Waals surface area contributed by atoms with Gasteiger partial charge in [0.1, 0.15) is 6.29 Å². The first kappa shape index (κ1) is 20.2. The predicted octanol–water partition coefficient (Wildman–Crippen LogP) is 4.44. The van der Waals surface area contributed by atoms with Crippen LogP contribution >= 0.6 is 0 Å². The van der Waals surface area contributed by atoms with Gasteiger partial charge in [0, 0.05) is 5.57 Å². The molecule has 19 heavy (non-hydrogen) atoms. The second kappa shape index (κ2) is 16.9. The van der Waals surface area contributed by atoms with Crippen molar-refractivity contribution in [3.8, 4) is 0 Å². The number of hydrogen-bond acceptors (Lipinski definition) is 2. The molecule has 0 aliphatic carbocycles. The van der Waals surface area contributed by atoms with Crippen molar-refractivity contribution in [2.45, 2.75) is 53.9 Å². The number of rotatable bonds is 8. The van der Waals surface area contributed by atoms with E-state index >= 15 is 0 Å². The fourth-order valence-electron chi connectivity index (χ4n) is 1.33. The van der Waals surface area contributed by atoms with Crippen LogP contribution in [0.25, 0.3) is 0 Å². The summed E-state index contributed by atoms with van der Waals surface area (Å²) in [6.07, 6.45) is 12.3. The van der Waals surface area contributed by atoms with E-state index in [1.807, 2.05) is 45.1 Å². The van der Waals surface area contributed by atoms with Crippen molar-refractivity contribution in [2.75, 3.05) is 13.1 Å². The van der Waals surface area contributed by atoms with Crippen molar-refractivity contribution in [1.29, 1.82) is 0 Å². The second-order valence-corrected chi connectivity index (χ2v) is 4.34. The van der Waals surface area contributed by atoms with E-state index in [2.05, 4.69) is 19.2 Å². The van der Waals surface area contributed by atoms with Gasteiger partial charge in [-0.25, -0.2) is 0 Å². The molecule has 0 saturated heterocycles. The Balaban J connectivity index is 0. The summed E-state index contributed by atoms with van der Waals surface area (Å²) >= 11 is 0. The van der Waals surface area contributed by atoms with E-state index in [4.69, 9.17) is 0 Å². The summed E-state index contributed by atoms with van der Waals surface area (Å²) in [5, 5.41) is 3.34. The van der Waals surface area contributed by atoms with Gasteiger partial charge in [0.25, 0.3) is 0 Å². The van der Waals surface area contributed by atoms with Gasteiger partial charge in [-0.1, -0.05) is 44.6 Å². The average Bonchev–Trinajstić information content (AvgIpc) is 2.43.